The molecule has 0 bridgehead atoms. The highest BCUT2D eigenvalue weighted by atomic mass is 16.2. The van der Waals surface area contributed by atoms with E-state index in [1.807, 2.05) is 0 Å². The fourth-order valence-corrected chi connectivity index (χ4v) is 2.73. The summed E-state index contributed by atoms with van der Waals surface area (Å²) < 4.78 is 0. The van der Waals surface area contributed by atoms with Gasteiger partial charge in [-0.3, -0.25) is 24.2 Å². The van der Waals surface area contributed by atoms with Gasteiger partial charge in [-0.25, -0.2) is 0 Å². The van der Waals surface area contributed by atoms with Crippen molar-refractivity contribution in [2.45, 2.75) is 33.6 Å². The number of aromatic nitrogens is 1. The lowest BCUT2D eigenvalue weighted by Crippen LogP contribution is -2.37. The molecule has 0 spiro atoms. The number of nitrogens with zero attached hydrogens (tertiary/aromatic N) is 1. The number of ketones is 4. The summed E-state index contributed by atoms with van der Waals surface area (Å²) in [5, 5.41) is 0. The third-order valence-corrected chi connectivity index (χ3v) is 3.54. The Morgan fingerprint density at radius 2 is 1.29 bits per heavy atom. The van der Waals surface area contributed by atoms with E-state index in [0.717, 1.165) is 0 Å². The molecule has 112 valence electrons. The molecule has 0 saturated heterocycles. The van der Waals surface area contributed by atoms with E-state index in [2.05, 4.69) is 4.98 Å². The lowest BCUT2D eigenvalue weighted by Gasteiger charge is -2.28. The molecule has 5 heteroatoms. The average Bonchev–Trinajstić information content (AvgIpc) is 2.37. The zero-order chi connectivity index (χ0) is 16.2. The van der Waals surface area contributed by atoms with Crippen LogP contribution in [0, 0.1) is 11.8 Å². The van der Waals surface area contributed by atoms with Gasteiger partial charge in [-0.2, -0.15) is 0 Å². The van der Waals surface area contributed by atoms with Gasteiger partial charge in [-0.05, 0) is 39.3 Å². The van der Waals surface area contributed by atoms with Gasteiger partial charge in [0.2, 0.25) is 0 Å². The number of carbonyl (C=O) groups is 4. The van der Waals surface area contributed by atoms with Crippen LogP contribution in [0.5, 0.6) is 0 Å². The largest absolute Gasteiger partial charge is 0.299 e. The minimum Gasteiger partial charge on any atom is -0.299 e. The standard InChI is InChI=1S/C16H19NO4/c1-9(18)14(10(2)19)16(13-6-5-7-17-8-13)15(11(3)20)12(4)21/h5-8,14-16H,1-4H3. The van der Waals surface area contributed by atoms with Crippen LogP contribution in [0.1, 0.15) is 39.2 Å². The second kappa shape index (κ2) is 7.02. The molecule has 0 amide bonds. The molecule has 0 fully saturated rings. The first-order valence-corrected chi connectivity index (χ1v) is 6.69. The van der Waals surface area contributed by atoms with Crippen molar-refractivity contribution in [3.8, 4) is 0 Å². The zero-order valence-corrected chi connectivity index (χ0v) is 12.6. The van der Waals surface area contributed by atoms with E-state index in [1.54, 1.807) is 18.3 Å². The fourth-order valence-electron chi connectivity index (χ4n) is 2.73. The fraction of sp³-hybridized carbons (Fsp3) is 0.438. The van der Waals surface area contributed by atoms with Crippen LogP contribution >= 0.6 is 0 Å². The summed E-state index contributed by atoms with van der Waals surface area (Å²) in [4.78, 5) is 51.5. The molecule has 5 nitrogen and oxygen atoms in total. The summed E-state index contributed by atoms with van der Waals surface area (Å²) in [7, 11) is 0. The number of hydrogen-bond donors (Lipinski definition) is 0. The van der Waals surface area contributed by atoms with E-state index in [-0.39, 0.29) is 23.1 Å². The van der Waals surface area contributed by atoms with E-state index < -0.39 is 17.8 Å². The van der Waals surface area contributed by atoms with E-state index >= 15 is 0 Å². The van der Waals surface area contributed by atoms with Gasteiger partial charge < -0.3 is 0 Å². The molecule has 0 saturated carbocycles. The molecule has 1 aromatic rings. The maximum absolute atomic E-state index is 11.9. The molecule has 0 aliphatic heterocycles. The Hall–Kier alpha value is -2.17. The van der Waals surface area contributed by atoms with Crippen LogP contribution < -0.4 is 0 Å². The first kappa shape index (κ1) is 16.9. The average molecular weight is 289 g/mol. The van der Waals surface area contributed by atoms with Crippen molar-refractivity contribution in [2.24, 2.45) is 11.8 Å². The number of pyridine rings is 1. The highest BCUT2D eigenvalue weighted by molar-refractivity contribution is 6.06. The quantitative estimate of drug-likeness (QED) is 0.714. The van der Waals surface area contributed by atoms with E-state index in [0.29, 0.717) is 5.56 Å². The molecule has 0 unspecified atom stereocenters. The molecule has 1 heterocycles. The Morgan fingerprint density at radius 3 is 1.57 bits per heavy atom. The third kappa shape index (κ3) is 3.90. The topological polar surface area (TPSA) is 81.2 Å². The smallest absolute Gasteiger partial charge is 0.140 e. The van der Waals surface area contributed by atoms with Crippen LogP contribution in [0.25, 0.3) is 0 Å². The van der Waals surface area contributed by atoms with Crippen LogP contribution in [-0.2, 0) is 19.2 Å². The Kier molecular flexibility index (Phi) is 5.64. The SMILES string of the molecule is CC(=O)C(C(C)=O)C(c1cccnc1)C(C(C)=O)C(C)=O. The Morgan fingerprint density at radius 1 is 0.857 bits per heavy atom. The van der Waals surface area contributed by atoms with Crippen LogP contribution in [-0.4, -0.2) is 28.1 Å². The Labute approximate surface area is 123 Å². The summed E-state index contributed by atoms with van der Waals surface area (Å²) in [5.41, 5.74) is 0.545. The van der Waals surface area contributed by atoms with Crippen molar-refractivity contribution in [3.63, 3.8) is 0 Å². The van der Waals surface area contributed by atoms with Gasteiger partial charge in [-0.15, -0.1) is 0 Å². The third-order valence-electron chi connectivity index (χ3n) is 3.54. The monoisotopic (exact) mass is 289 g/mol. The Balaban J connectivity index is 3.48. The molecule has 0 atom stereocenters. The van der Waals surface area contributed by atoms with Gasteiger partial charge >= 0.3 is 0 Å². The van der Waals surface area contributed by atoms with Gasteiger partial charge in [0.05, 0.1) is 11.8 Å². The number of Topliss-reactive ketones (excluding diaryl/α,β-unsaturated/α-hetero) is 4. The zero-order valence-electron chi connectivity index (χ0n) is 12.6. The van der Waals surface area contributed by atoms with E-state index in [1.165, 1.54) is 33.9 Å². The predicted molar refractivity (Wildman–Crippen MR) is 76.7 cm³/mol. The lowest BCUT2D eigenvalue weighted by molar-refractivity contribution is -0.135. The highest BCUT2D eigenvalue weighted by Gasteiger charge is 2.41. The van der Waals surface area contributed by atoms with Crippen LogP contribution in [0.15, 0.2) is 24.5 Å². The minimum absolute atomic E-state index is 0.358. The molecule has 0 aliphatic rings. The number of hydrogen-bond acceptors (Lipinski definition) is 5. The first-order valence-electron chi connectivity index (χ1n) is 6.69. The van der Waals surface area contributed by atoms with Crippen molar-refractivity contribution in [1.82, 2.24) is 4.98 Å². The molecule has 0 aliphatic carbocycles. The molecule has 0 N–H and O–H groups in total. The summed E-state index contributed by atoms with van der Waals surface area (Å²) in [6.07, 6.45) is 3.04. The summed E-state index contributed by atoms with van der Waals surface area (Å²) in [5.74, 6) is -4.27. The molecule has 0 aromatic carbocycles. The lowest BCUT2D eigenvalue weighted by atomic mass is 9.71. The Bertz CT molecular complexity index is 505. The van der Waals surface area contributed by atoms with Crippen molar-refractivity contribution < 1.29 is 19.2 Å². The maximum atomic E-state index is 11.9. The van der Waals surface area contributed by atoms with Crippen LogP contribution in [0.4, 0.5) is 0 Å². The van der Waals surface area contributed by atoms with Crippen LogP contribution in [0.2, 0.25) is 0 Å². The normalized spacial score (nSPS) is 11.0. The maximum Gasteiger partial charge on any atom is 0.140 e. The van der Waals surface area contributed by atoms with Gasteiger partial charge in [0, 0.05) is 18.3 Å². The van der Waals surface area contributed by atoms with Crippen LogP contribution in [0.3, 0.4) is 0 Å². The van der Waals surface area contributed by atoms with Crippen molar-refractivity contribution in [1.29, 1.82) is 0 Å². The number of rotatable bonds is 7. The van der Waals surface area contributed by atoms with E-state index in [4.69, 9.17) is 0 Å². The summed E-state index contributed by atoms with van der Waals surface area (Å²) in [6.45, 7) is 5.19. The molecule has 21 heavy (non-hydrogen) atoms. The summed E-state index contributed by atoms with van der Waals surface area (Å²) >= 11 is 0. The molecular weight excluding hydrogens is 270 g/mol. The van der Waals surface area contributed by atoms with Crippen molar-refractivity contribution >= 4 is 23.1 Å². The predicted octanol–water partition coefficient (Wildman–Crippen LogP) is 1.75. The highest BCUT2D eigenvalue weighted by Crippen LogP contribution is 2.34. The number of carbonyl (C=O) groups excluding carboxylic acids is 4. The molecule has 1 aromatic heterocycles. The van der Waals surface area contributed by atoms with Gasteiger partial charge in [0.25, 0.3) is 0 Å². The molecule has 0 radical (unpaired) electrons. The van der Waals surface area contributed by atoms with E-state index in [9.17, 15) is 19.2 Å². The summed E-state index contributed by atoms with van der Waals surface area (Å²) in [6, 6.07) is 3.33. The second-order valence-corrected chi connectivity index (χ2v) is 5.21. The molecule has 1 rings (SSSR count). The first-order chi connectivity index (χ1) is 9.77. The minimum atomic E-state index is -1.02. The second-order valence-electron chi connectivity index (χ2n) is 5.21. The van der Waals surface area contributed by atoms with Gasteiger partial charge in [0.1, 0.15) is 23.1 Å². The van der Waals surface area contributed by atoms with Crippen molar-refractivity contribution in [2.75, 3.05) is 0 Å². The van der Waals surface area contributed by atoms with Gasteiger partial charge in [0.15, 0.2) is 0 Å². The van der Waals surface area contributed by atoms with Crippen molar-refractivity contribution in [3.05, 3.63) is 30.1 Å². The van der Waals surface area contributed by atoms with Gasteiger partial charge in [-0.1, -0.05) is 6.07 Å². The molecular formula is C16H19NO4.